The van der Waals surface area contributed by atoms with Gasteiger partial charge < -0.3 is 9.30 Å². The molecule has 2 nitrogen and oxygen atoms in total. The van der Waals surface area contributed by atoms with E-state index >= 15 is 0 Å². The molecule has 3 heteroatoms. The fourth-order valence-electron chi connectivity index (χ4n) is 8.79. The Morgan fingerprint density at radius 1 is 0.373 bits per heavy atom. The Balaban J connectivity index is 1.26. The predicted octanol–water partition coefficient (Wildman–Crippen LogP) is 10.4. The van der Waals surface area contributed by atoms with E-state index in [2.05, 4.69) is 187 Å². The second-order valence-corrected chi connectivity index (χ2v) is 13.6. The molecule has 1 aromatic heterocycles. The molecule has 51 heavy (non-hydrogen) atoms. The van der Waals surface area contributed by atoms with Gasteiger partial charge in [-0.1, -0.05) is 151 Å². The number of aromatic nitrogens is 1. The van der Waals surface area contributed by atoms with Gasteiger partial charge in [-0.25, -0.2) is 0 Å². The molecule has 0 fully saturated rings. The molecule has 0 saturated heterocycles. The maximum absolute atomic E-state index is 6.99. The monoisotopic (exact) mass is 647 g/mol. The fraction of sp³-hybridized carbons (Fsp3) is 0. The van der Waals surface area contributed by atoms with Gasteiger partial charge >= 0.3 is 0 Å². The summed E-state index contributed by atoms with van der Waals surface area (Å²) >= 11 is 0. The predicted molar refractivity (Wildman–Crippen MR) is 214 cm³/mol. The molecular weight excluding hydrogens is 617 g/mol. The third-order valence-electron chi connectivity index (χ3n) is 10.9. The van der Waals surface area contributed by atoms with Crippen molar-refractivity contribution in [2.45, 2.75) is 0 Å². The van der Waals surface area contributed by atoms with E-state index in [9.17, 15) is 0 Å². The van der Waals surface area contributed by atoms with Crippen molar-refractivity contribution in [2.24, 2.45) is 0 Å². The molecule has 0 unspecified atom stereocenters. The first-order valence-electron chi connectivity index (χ1n) is 17.6. The SMILES string of the molecule is c1ccc2c(c1)Oc1cc(-c3ccccc3-n3c4ccccc4c4ccccc43)cc3c1B2c1ccccc1-c1ccccc1-c1ccccc1-3. The lowest BCUT2D eigenvalue weighted by Crippen LogP contribution is -2.56. The van der Waals surface area contributed by atoms with Crippen molar-refractivity contribution < 1.29 is 4.74 Å². The number of nitrogens with zero attached hydrogens (tertiary/aromatic N) is 1. The lowest BCUT2D eigenvalue weighted by Gasteiger charge is -2.30. The van der Waals surface area contributed by atoms with Gasteiger partial charge in [0.2, 0.25) is 0 Å². The maximum Gasteiger partial charge on any atom is 0.252 e. The van der Waals surface area contributed by atoms with E-state index < -0.39 is 0 Å². The van der Waals surface area contributed by atoms with Crippen molar-refractivity contribution in [3.05, 3.63) is 182 Å². The number of para-hydroxylation sites is 4. The first-order chi connectivity index (χ1) is 25.3. The van der Waals surface area contributed by atoms with Gasteiger partial charge in [-0.15, -0.1) is 0 Å². The number of hydrogen-bond acceptors (Lipinski definition) is 1. The molecule has 3 heterocycles. The van der Waals surface area contributed by atoms with Crippen LogP contribution in [0.5, 0.6) is 11.5 Å². The third kappa shape index (κ3) is 4.12. The number of benzene rings is 8. The summed E-state index contributed by atoms with van der Waals surface area (Å²) in [5, 5.41) is 2.50. The molecule has 9 aromatic rings. The molecule has 0 spiro atoms. The van der Waals surface area contributed by atoms with Crippen LogP contribution in [0.4, 0.5) is 0 Å². The van der Waals surface area contributed by atoms with E-state index in [-0.39, 0.29) is 6.71 Å². The number of rotatable bonds is 2. The highest BCUT2D eigenvalue weighted by Crippen LogP contribution is 2.44. The molecule has 2 aliphatic heterocycles. The molecule has 0 bridgehead atoms. The zero-order valence-corrected chi connectivity index (χ0v) is 27.8. The molecule has 0 radical (unpaired) electrons. The highest BCUT2D eigenvalue weighted by atomic mass is 16.5. The summed E-state index contributed by atoms with van der Waals surface area (Å²) in [6.07, 6.45) is 0. The largest absolute Gasteiger partial charge is 0.458 e. The second-order valence-electron chi connectivity index (χ2n) is 13.6. The summed E-state index contributed by atoms with van der Waals surface area (Å²) in [6.45, 7) is -0.0167. The molecule has 11 rings (SSSR count). The van der Waals surface area contributed by atoms with Crippen molar-refractivity contribution in [1.82, 2.24) is 4.57 Å². The van der Waals surface area contributed by atoms with Crippen LogP contribution in [0, 0.1) is 0 Å². The van der Waals surface area contributed by atoms with Crippen LogP contribution in [-0.4, -0.2) is 11.3 Å². The van der Waals surface area contributed by atoms with E-state index in [1.54, 1.807) is 0 Å². The van der Waals surface area contributed by atoms with Gasteiger partial charge in [0.15, 0.2) is 0 Å². The lowest BCUT2D eigenvalue weighted by atomic mass is 9.34. The summed E-state index contributed by atoms with van der Waals surface area (Å²) in [5.41, 5.74) is 16.8. The Morgan fingerprint density at radius 3 is 1.55 bits per heavy atom. The third-order valence-corrected chi connectivity index (χ3v) is 10.9. The minimum atomic E-state index is -0.0167. The van der Waals surface area contributed by atoms with Crippen LogP contribution in [0.15, 0.2) is 182 Å². The van der Waals surface area contributed by atoms with Gasteiger partial charge in [0, 0.05) is 16.3 Å². The fourth-order valence-corrected chi connectivity index (χ4v) is 8.79. The van der Waals surface area contributed by atoms with Crippen molar-refractivity contribution >= 4 is 44.9 Å². The molecule has 2 aliphatic rings. The summed E-state index contributed by atoms with van der Waals surface area (Å²) in [4.78, 5) is 0. The van der Waals surface area contributed by atoms with Crippen molar-refractivity contribution in [2.75, 3.05) is 0 Å². The first-order valence-corrected chi connectivity index (χ1v) is 17.6. The molecule has 0 aliphatic carbocycles. The van der Waals surface area contributed by atoms with Crippen LogP contribution in [0.2, 0.25) is 0 Å². The Kier molecular flexibility index (Phi) is 6.08. The van der Waals surface area contributed by atoms with Crippen LogP contribution in [-0.2, 0) is 0 Å². The minimum absolute atomic E-state index is 0.0167. The van der Waals surface area contributed by atoms with Crippen molar-refractivity contribution in [3.8, 4) is 61.7 Å². The van der Waals surface area contributed by atoms with Gasteiger partial charge in [0.25, 0.3) is 6.71 Å². The summed E-state index contributed by atoms with van der Waals surface area (Å²) in [6, 6.07) is 66.3. The molecule has 0 N–H and O–H groups in total. The van der Waals surface area contributed by atoms with Gasteiger partial charge in [0.05, 0.1) is 16.7 Å². The summed E-state index contributed by atoms with van der Waals surface area (Å²) in [7, 11) is 0. The highest BCUT2D eigenvalue weighted by molar-refractivity contribution is 6.98. The van der Waals surface area contributed by atoms with E-state index in [0.717, 1.165) is 28.3 Å². The van der Waals surface area contributed by atoms with Crippen LogP contribution < -0.4 is 21.1 Å². The minimum Gasteiger partial charge on any atom is -0.458 e. The molecule has 0 atom stereocenters. The Hall–Kier alpha value is -6.58. The molecule has 0 amide bonds. The molecule has 236 valence electrons. The zero-order chi connectivity index (χ0) is 33.5. The van der Waals surface area contributed by atoms with E-state index in [1.807, 2.05) is 0 Å². The summed E-state index contributed by atoms with van der Waals surface area (Å²) < 4.78 is 9.42. The zero-order valence-electron chi connectivity index (χ0n) is 27.8. The van der Waals surface area contributed by atoms with Crippen molar-refractivity contribution in [3.63, 3.8) is 0 Å². The smallest absolute Gasteiger partial charge is 0.252 e. The average molecular weight is 648 g/mol. The summed E-state index contributed by atoms with van der Waals surface area (Å²) in [5.74, 6) is 1.81. The van der Waals surface area contributed by atoms with Crippen LogP contribution >= 0.6 is 0 Å². The lowest BCUT2D eigenvalue weighted by molar-refractivity contribution is 0.488. The van der Waals surface area contributed by atoms with Crippen LogP contribution in [0.1, 0.15) is 0 Å². The average Bonchev–Trinajstić information content (AvgIpc) is 3.55. The number of fused-ring (bicyclic) bond motifs is 12. The standard InChI is InChI=1S/C48H30BNO/c1-3-18-35-33(16-1)34-17-2-4-19-36(34)40-29-31(30-47-48(40)49(41-23-9-5-20-37(35)41)42-24-10-14-28-46(42)51-47)32-15-6-11-25-43(32)50-44-26-12-7-21-38(44)39-22-8-13-27-45(39)50/h1-30H. The normalized spacial score (nSPS) is 12.4. The molecule has 8 aromatic carbocycles. The van der Waals surface area contributed by atoms with E-state index in [4.69, 9.17) is 4.74 Å². The van der Waals surface area contributed by atoms with E-state index in [0.29, 0.717) is 0 Å². The van der Waals surface area contributed by atoms with Gasteiger partial charge in [-0.2, -0.15) is 0 Å². The van der Waals surface area contributed by atoms with E-state index in [1.165, 1.54) is 71.6 Å². The Labute approximate surface area is 296 Å². The Morgan fingerprint density at radius 2 is 0.863 bits per heavy atom. The molecular formula is C48H30BNO. The first kappa shape index (κ1) is 28.3. The van der Waals surface area contributed by atoms with Crippen LogP contribution in [0.25, 0.3) is 72.0 Å². The maximum atomic E-state index is 6.99. The second kappa shape index (κ2) is 11.0. The Bertz CT molecular complexity index is 2810. The van der Waals surface area contributed by atoms with Gasteiger partial charge in [0.1, 0.15) is 11.5 Å². The topological polar surface area (TPSA) is 14.2 Å². The number of hydrogen-bond donors (Lipinski definition) is 0. The van der Waals surface area contributed by atoms with Gasteiger partial charge in [-0.3, -0.25) is 0 Å². The van der Waals surface area contributed by atoms with Gasteiger partial charge in [-0.05, 0) is 86.3 Å². The number of ether oxygens (including phenoxy) is 1. The quantitative estimate of drug-likeness (QED) is 0.170. The van der Waals surface area contributed by atoms with Crippen molar-refractivity contribution in [1.29, 1.82) is 0 Å². The van der Waals surface area contributed by atoms with Crippen LogP contribution in [0.3, 0.4) is 0 Å². The molecule has 0 saturated carbocycles. The highest BCUT2D eigenvalue weighted by Gasteiger charge is 2.38.